The molecule has 5 heteroatoms. The summed E-state index contributed by atoms with van der Waals surface area (Å²) < 4.78 is 4.74. The number of hydrogen-bond donors (Lipinski definition) is 0. The molecule has 0 N–H and O–H groups in total. The van der Waals surface area contributed by atoms with Crippen LogP contribution in [-0.2, 0) is 4.79 Å². The van der Waals surface area contributed by atoms with E-state index in [2.05, 4.69) is 15.6 Å². The molecule has 0 heterocycles. The van der Waals surface area contributed by atoms with Crippen LogP contribution in [0.3, 0.4) is 0 Å². The molecule has 0 bridgehead atoms. The van der Waals surface area contributed by atoms with E-state index in [0.29, 0.717) is 0 Å². The predicted molar refractivity (Wildman–Crippen MR) is 36.5 cm³/mol. The van der Waals surface area contributed by atoms with Crippen LogP contribution >= 0.6 is 0 Å². The number of carbonyl (C=O) groups is 1. The van der Waals surface area contributed by atoms with Crippen LogP contribution in [0.4, 0.5) is 0 Å². The second kappa shape index (κ2) is 3.81. The van der Waals surface area contributed by atoms with Crippen LogP contribution in [0.5, 0.6) is 0 Å². The molecule has 0 aromatic heterocycles. The summed E-state index contributed by atoms with van der Waals surface area (Å²) in [7, 11) is 0. The third-order valence-corrected chi connectivity index (χ3v) is 0.450. The fourth-order valence-electron chi connectivity index (χ4n) is 0.183. The molecule has 0 fully saturated rings. The molecule has 0 saturated heterocycles. The highest BCUT2D eigenvalue weighted by molar-refractivity contribution is 5.45. The van der Waals surface area contributed by atoms with Crippen molar-refractivity contribution in [1.82, 2.24) is 0 Å². The van der Waals surface area contributed by atoms with Crippen LogP contribution in [0.2, 0.25) is 0 Å². The maximum atomic E-state index is 9.55. The van der Waals surface area contributed by atoms with Gasteiger partial charge < -0.3 is 0 Å². The maximum Gasteiger partial charge on any atom is 0.317 e. The first-order valence-corrected chi connectivity index (χ1v) is 2.78. The summed E-state index contributed by atoms with van der Waals surface area (Å²) in [6.45, 7) is 5.44. The largest absolute Gasteiger partial charge is 0.317 e. The van der Waals surface area contributed by atoms with E-state index in [1.165, 1.54) is 0 Å². The van der Waals surface area contributed by atoms with E-state index >= 15 is 0 Å². The van der Waals surface area contributed by atoms with E-state index in [-0.39, 0.29) is 12.0 Å². The number of nitrogens with zero attached hydrogens (tertiary/aromatic N) is 3. The van der Waals surface area contributed by atoms with E-state index in [1.54, 1.807) is 0 Å². The lowest BCUT2D eigenvalue weighted by Crippen LogP contribution is -2.09. The standard InChI is InChI=1S/C5H10N3O2/c1-5(2,3)10-8-7-6-4-9/h4H,1-3H3/q+1. The van der Waals surface area contributed by atoms with Gasteiger partial charge in [-0.05, 0) is 0 Å². The van der Waals surface area contributed by atoms with Crippen LogP contribution in [0.1, 0.15) is 20.8 Å². The molecule has 0 rings (SSSR count). The summed E-state index contributed by atoms with van der Waals surface area (Å²) in [4.78, 5) is 9.55. The second-order valence-corrected chi connectivity index (χ2v) is 2.60. The number of amides is 1. The normalized spacial score (nSPS) is 13.1. The molecular formula is C5H10N3O2+. The Balaban J connectivity index is 3.77. The lowest BCUT2D eigenvalue weighted by Gasteiger charge is -1.90. The van der Waals surface area contributed by atoms with E-state index in [4.69, 9.17) is 4.54 Å². The van der Waals surface area contributed by atoms with Gasteiger partial charge in [0.15, 0.2) is 0 Å². The molecule has 0 aromatic carbocycles. The van der Waals surface area contributed by atoms with Crippen molar-refractivity contribution in [3.05, 3.63) is 4.54 Å². The lowest BCUT2D eigenvalue weighted by atomic mass is 10.2. The molecular weight excluding hydrogens is 134 g/mol. The molecule has 56 valence electrons. The highest BCUT2D eigenvalue weighted by Gasteiger charge is 2.21. The number of hydrogen-bond acceptors (Lipinski definition) is 1. The van der Waals surface area contributed by atoms with Gasteiger partial charge >= 0.3 is 5.60 Å². The number of rotatable bonds is 2. The first-order valence-electron chi connectivity index (χ1n) is 2.78. The molecule has 10 heavy (non-hydrogen) atoms. The van der Waals surface area contributed by atoms with Crippen LogP contribution in [-0.4, -0.2) is 12.0 Å². The molecule has 0 aliphatic heterocycles. The van der Waals surface area contributed by atoms with Gasteiger partial charge in [0.05, 0.1) is 0 Å². The number of nitroso groups, excluding NO2 is 1. The molecule has 0 radical (unpaired) electrons. The Morgan fingerprint density at radius 1 is 1.40 bits per heavy atom. The predicted octanol–water partition coefficient (Wildman–Crippen LogP) is 1.61. The molecule has 0 unspecified atom stereocenters. The Morgan fingerprint density at radius 3 is 2.40 bits per heavy atom. The quantitative estimate of drug-likeness (QED) is 0.251. The topological polar surface area (TPSA) is 65.4 Å². The van der Waals surface area contributed by atoms with Crippen molar-refractivity contribution >= 4 is 6.41 Å². The summed E-state index contributed by atoms with van der Waals surface area (Å²) in [6, 6.07) is 0. The molecule has 0 saturated carbocycles. The molecule has 0 aromatic rings. The van der Waals surface area contributed by atoms with Gasteiger partial charge in [-0.15, -0.1) is 0 Å². The summed E-state index contributed by atoms with van der Waals surface area (Å²) in [5.74, 6) is 0. The summed E-state index contributed by atoms with van der Waals surface area (Å²) in [6.07, 6.45) is 0.287. The lowest BCUT2D eigenvalue weighted by molar-refractivity contribution is -0.107. The van der Waals surface area contributed by atoms with E-state index in [9.17, 15) is 4.79 Å². The van der Waals surface area contributed by atoms with E-state index < -0.39 is 0 Å². The molecule has 1 amide bonds. The summed E-state index contributed by atoms with van der Waals surface area (Å²) in [5.41, 5.74) is -0.387. The van der Waals surface area contributed by atoms with Crippen LogP contribution in [0.25, 0.3) is 0 Å². The van der Waals surface area contributed by atoms with Crippen molar-refractivity contribution in [2.45, 2.75) is 26.4 Å². The molecule has 5 nitrogen and oxygen atoms in total. The van der Waals surface area contributed by atoms with Crippen molar-refractivity contribution in [2.24, 2.45) is 15.6 Å². The van der Waals surface area contributed by atoms with Crippen molar-refractivity contribution < 1.29 is 4.79 Å². The molecule has 0 spiro atoms. The minimum Gasteiger partial charge on any atom is -0.275 e. The van der Waals surface area contributed by atoms with Crippen LogP contribution in [0, 0.1) is 4.54 Å². The average Bonchev–Trinajstić information content (AvgIpc) is 1.78. The minimum atomic E-state index is -0.387. The Morgan fingerprint density at radius 2 is 2.00 bits per heavy atom. The van der Waals surface area contributed by atoms with Gasteiger partial charge in [-0.3, -0.25) is 4.79 Å². The second-order valence-electron chi connectivity index (χ2n) is 2.60. The zero-order chi connectivity index (χ0) is 8.04. The highest BCUT2D eigenvalue weighted by Crippen LogP contribution is 2.03. The molecule has 0 aliphatic rings. The molecule has 0 atom stereocenters. The maximum absolute atomic E-state index is 9.55. The van der Waals surface area contributed by atoms with Gasteiger partial charge in [-0.25, -0.2) is 0 Å². The van der Waals surface area contributed by atoms with Crippen molar-refractivity contribution in [3.63, 3.8) is 0 Å². The van der Waals surface area contributed by atoms with Crippen molar-refractivity contribution in [1.29, 1.82) is 0 Å². The smallest absolute Gasteiger partial charge is 0.275 e. The van der Waals surface area contributed by atoms with Gasteiger partial charge in [-0.2, -0.15) is 0 Å². The first-order chi connectivity index (χ1) is 4.56. The van der Waals surface area contributed by atoms with Gasteiger partial charge in [0.25, 0.3) is 11.7 Å². The third kappa shape index (κ3) is 6.87. The average molecular weight is 144 g/mol. The molecule has 0 aliphatic carbocycles. The Kier molecular flexibility index (Phi) is 3.38. The van der Waals surface area contributed by atoms with Crippen LogP contribution < -0.4 is 0 Å². The van der Waals surface area contributed by atoms with Crippen molar-refractivity contribution in [3.8, 4) is 0 Å². The Bertz CT molecular complexity index is 157. The van der Waals surface area contributed by atoms with Crippen molar-refractivity contribution in [2.75, 3.05) is 0 Å². The number of carbonyl (C=O) groups excluding carboxylic acids is 1. The zero-order valence-corrected chi connectivity index (χ0v) is 6.24. The Hall–Kier alpha value is -1.13. The SMILES string of the molecule is CC(C)(C)[O+]=NN=NC=O. The monoisotopic (exact) mass is 144 g/mol. The van der Waals surface area contributed by atoms with Gasteiger partial charge in [0.2, 0.25) is 0 Å². The zero-order valence-electron chi connectivity index (χ0n) is 6.24. The van der Waals surface area contributed by atoms with E-state index in [0.717, 1.165) is 0 Å². The highest BCUT2D eigenvalue weighted by atomic mass is 16.5. The third-order valence-electron chi connectivity index (χ3n) is 0.450. The van der Waals surface area contributed by atoms with Gasteiger partial charge in [-0.1, -0.05) is 9.65 Å². The minimum absolute atomic E-state index is 0.287. The van der Waals surface area contributed by atoms with E-state index in [1.807, 2.05) is 20.8 Å². The fraction of sp³-hybridized carbons (Fsp3) is 0.800. The van der Waals surface area contributed by atoms with Gasteiger partial charge in [0, 0.05) is 26.0 Å². The fourth-order valence-corrected chi connectivity index (χ4v) is 0.183. The first kappa shape index (κ1) is 8.87. The summed E-state index contributed by atoms with van der Waals surface area (Å²) >= 11 is 0. The van der Waals surface area contributed by atoms with Gasteiger partial charge in [0.1, 0.15) is 0 Å². The van der Waals surface area contributed by atoms with Crippen LogP contribution in [0.15, 0.2) is 15.6 Å². The summed E-state index contributed by atoms with van der Waals surface area (Å²) in [5, 5.41) is 9.12. The Labute approximate surface area is 58.8 Å².